The number of aromatic nitrogens is 3. The standard InChI is InChI=1S/C14H22ClN5O/c1-2-14(4-3-5-14)10-16-12-17-11(15)18-13(19-12)20-6-8-21-9-7-20/h2-10H2,1H3,(H,16,17,18,19). The lowest BCUT2D eigenvalue weighted by atomic mass is 9.67. The molecule has 1 aliphatic heterocycles. The van der Waals surface area contributed by atoms with Gasteiger partial charge in [-0.1, -0.05) is 13.3 Å². The Morgan fingerprint density at radius 2 is 2.00 bits per heavy atom. The highest BCUT2D eigenvalue weighted by molar-refractivity contribution is 6.28. The zero-order valence-electron chi connectivity index (χ0n) is 12.4. The van der Waals surface area contributed by atoms with Crippen molar-refractivity contribution in [2.75, 3.05) is 43.1 Å². The molecule has 116 valence electrons. The third-order valence-corrected chi connectivity index (χ3v) is 4.84. The third kappa shape index (κ3) is 3.37. The van der Waals surface area contributed by atoms with E-state index in [1.54, 1.807) is 0 Å². The maximum atomic E-state index is 6.04. The molecule has 1 saturated heterocycles. The number of nitrogens with zero attached hydrogens (tertiary/aromatic N) is 4. The van der Waals surface area contributed by atoms with E-state index in [9.17, 15) is 0 Å². The van der Waals surface area contributed by atoms with Crippen LogP contribution in [0, 0.1) is 5.41 Å². The van der Waals surface area contributed by atoms with Crippen molar-refractivity contribution >= 4 is 23.5 Å². The Labute approximate surface area is 130 Å². The van der Waals surface area contributed by atoms with Crippen molar-refractivity contribution in [2.24, 2.45) is 5.41 Å². The Balaban J connectivity index is 1.68. The molecule has 2 fully saturated rings. The minimum Gasteiger partial charge on any atom is -0.378 e. The predicted molar refractivity (Wildman–Crippen MR) is 82.9 cm³/mol. The molecule has 0 radical (unpaired) electrons. The summed E-state index contributed by atoms with van der Waals surface area (Å²) in [5, 5.41) is 3.60. The SMILES string of the molecule is CCC1(CNc2nc(Cl)nc(N3CCOCC3)n2)CCC1. The van der Waals surface area contributed by atoms with Gasteiger partial charge in [-0.25, -0.2) is 0 Å². The Hall–Kier alpha value is -1.14. The van der Waals surface area contributed by atoms with E-state index in [1.807, 2.05) is 0 Å². The van der Waals surface area contributed by atoms with E-state index in [0.29, 0.717) is 30.5 Å². The molecule has 0 atom stereocenters. The first-order valence-electron chi connectivity index (χ1n) is 7.69. The maximum absolute atomic E-state index is 6.04. The van der Waals surface area contributed by atoms with Crippen molar-refractivity contribution in [1.82, 2.24) is 15.0 Å². The molecule has 1 aromatic rings. The Morgan fingerprint density at radius 3 is 2.62 bits per heavy atom. The summed E-state index contributed by atoms with van der Waals surface area (Å²) in [6, 6.07) is 0. The lowest BCUT2D eigenvalue weighted by Gasteiger charge is -2.41. The van der Waals surface area contributed by atoms with Gasteiger partial charge in [-0.15, -0.1) is 0 Å². The summed E-state index contributed by atoms with van der Waals surface area (Å²) in [6.45, 7) is 6.14. The largest absolute Gasteiger partial charge is 0.378 e. The van der Waals surface area contributed by atoms with Crippen molar-refractivity contribution in [1.29, 1.82) is 0 Å². The molecule has 2 aliphatic rings. The van der Waals surface area contributed by atoms with Gasteiger partial charge in [-0.3, -0.25) is 0 Å². The average molecular weight is 312 g/mol. The van der Waals surface area contributed by atoms with Gasteiger partial charge < -0.3 is 15.0 Å². The molecule has 7 heteroatoms. The number of halogens is 1. The number of nitrogens with one attached hydrogen (secondary N) is 1. The van der Waals surface area contributed by atoms with Gasteiger partial charge in [0.1, 0.15) is 0 Å². The van der Waals surface area contributed by atoms with Crippen LogP contribution in [0.5, 0.6) is 0 Å². The van der Waals surface area contributed by atoms with Crippen molar-refractivity contribution in [2.45, 2.75) is 32.6 Å². The smallest absolute Gasteiger partial charge is 0.231 e. The highest BCUT2D eigenvalue weighted by atomic mass is 35.5. The summed E-state index contributed by atoms with van der Waals surface area (Å²) in [6.07, 6.45) is 5.08. The Morgan fingerprint density at radius 1 is 1.24 bits per heavy atom. The molecule has 1 N–H and O–H groups in total. The van der Waals surface area contributed by atoms with Crippen molar-refractivity contribution in [3.05, 3.63) is 5.28 Å². The molecule has 6 nitrogen and oxygen atoms in total. The number of anilines is 2. The monoisotopic (exact) mass is 311 g/mol. The number of hydrogen-bond acceptors (Lipinski definition) is 6. The van der Waals surface area contributed by atoms with Gasteiger partial charge in [-0.05, 0) is 36.3 Å². The van der Waals surface area contributed by atoms with Crippen molar-refractivity contribution in [3.8, 4) is 0 Å². The van der Waals surface area contributed by atoms with Crippen LogP contribution in [0.25, 0.3) is 0 Å². The summed E-state index contributed by atoms with van der Waals surface area (Å²) in [4.78, 5) is 15.0. The summed E-state index contributed by atoms with van der Waals surface area (Å²) >= 11 is 6.04. The van der Waals surface area contributed by atoms with Gasteiger partial charge in [0.25, 0.3) is 0 Å². The molecule has 2 heterocycles. The van der Waals surface area contributed by atoms with Crippen LogP contribution >= 0.6 is 11.6 Å². The van der Waals surface area contributed by atoms with E-state index in [2.05, 4.69) is 32.1 Å². The number of hydrogen-bond donors (Lipinski definition) is 1. The van der Waals surface area contributed by atoms with E-state index in [-0.39, 0.29) is 5.28 Å². The van der Waals surface area contributed by atoms with Crippen LogP contribution in [0.1, 0.15) is 32.6 Å². The highest BCUT2D eigenvalue weighted by Gasteiger charge is 2.35. The lowest BCUT2D eigenvalue weighted by Crippen LogP contribution is -2.38. The van der Waals surface area contributed by atoms with Crippen LogP contribution in [0.15, 0.2) is 0 Å². The van der Waals surface area contributed by atoms with E-state index in [0.717, 1.165) is 19.6 Å². The number of rotatable bonds is 5. The zero-order valence-corrected chi connectivity index (χ0v) is 13.2. The molecule has 0 amide bonds. The van der Waals surface area contributed by atoms with Gasteiger partial charge in [0.15, 0.2) is 0 Å². The van der Waals surface area contributed by atoms with Gasteiger partial charge in [0, 0.05) is 19.6 Å². The molecule has 1 saturated carbocycles. The minimum absolute atomic E-state index is 0.244. The zero-order chi connectivity index (χ0) is 14.7. The van der Waals surface area contributed by atoms with E-state index in [1.165, 1.54) is 25.7 Å². The van der Waals surface area contributed by atoms with Crippen LogP contribution in [0.3, 0.4) is 0 Å². The van der Waals surface area contributed by atoms with Crippen LogP contribution < -0.4 is 10.2 Å². The topological polar surface area (TPSA) is 63.2 Å². The Bertz CT molecular complexity index is 483. The second-order valence-electron chi connectivity index (χ2n) is 5.89. The summed E-state index contributed by atoms with van der Waals surface area (Å²) in [7, 11) is 0. The maximum Gasteiger partial charge on any atom is 0.231 e. The fourth-order valence-corrected chi connectivity index (χ4v) is 3.08. The van der Waals surface area contributed by atoms with Crippen molar-refractivity contribution < 1.29 is 4.74 Å². The highest BCUT2D eigenvalue weighted by Crippen LogP contribution is 2.43. The fourth-order valence-electron chi connectivity index (χ4n) is 2.92. The lowest BCUT2D eigenvalue weighted by molar-refractivity contribution is 0.122. The molecule has 21 heavy (non-hydrogen) atoms. The van der Waals surface area contributed by atoms with Crippen LogP contribution in [-0.4, -0.2) is 47.8 Å². The molecule has 0 unspecified atom stereocenters. The van der Waals surface area contributed by atoms with E-state index in [4.69, 9.17) is 16.3 Å². The quantitative estimate of drug-likeness (QED) is 0.900. The number of morpholine rings is 1. The first-order chi connectivity index (χ1) is 10.2. The number of ether oxygens (including phenoxy) is 1. The molecule has 0 spiro atoms. The Kier molecular flexibility index (Phi) is 4.45. The molecular weight excluding hydrogens is 290 g/mol. The van der Waals surface area contributed by atoms with E-state index >= 15 is 0 Å². The van der Waals surface area contributed by atoms with Gasteiger partial charge >= 0.3 is 0 Å². The first-order valence-corrected chi connectivity index (χ1v) is 8.07. The van der Waals surface area contributed by atoms with E-state index < -0.39 is 0 Å². The summed E-state index contributed by atoms with van der Waals surface area (Å²) in [5.74, 6) is 1.22. The van der Waals surface area contributed by atoms with Gasteiger partial charge in [0.2, 0.25) is 17.2 Å². The van der Waals surface area contributed by atoms with Gasteiger partial charge in [-0.2, -0.15) is 15.0 Å². The summed E-state index contributed by atoms with van der Waals surface area (Å²) < 4.78 is 5.35. The molecule has 1 aliphatic carbocycles. The third-order valence-electron chi connectivity index (χ3n) is 4.68. The fraction of sp³-hybridized carbons (Fsp3) is 0.786. The van der Waals surface area contributed by atoms with Crippen LogP contribution in [-0.2, 0) is 4.74 Å². The van der Waals surface area contributed by atoms with Crippen molar-refractivity contribution in [3.63, 3.8) is 0 Å². The second kappa shape index (κ2) is 6.32. The first kappa shape index (κ1) is 14.8. The molecular formula is C14H22ClN5O. The molecule has 0 aromatic carbocycles. The molecule has 3 rings (SSSR count). The minimum atomic E-state index is 0.244. The second-order valence-corrected chi connectivity index (χ2v) is 6.23. The normalized spacial score (nSPS) is 21.0. The predicted octanol–water partition coefficient (Wildman–Crippen LogP) is 2.35. The average Bonchev–Trinajstić information content (AvgIpc) is 2.47. The van der Waals surface area contributed by atoms with Gasteiger partial charge in [0.05, 0.1) is 13.2 Å². The van der Waals surface area contributed by atoms with Crippen LogP contribution in [0.4, 0.5) is 11.9 Å². The van der Waals surface area contributed by atoms with Crippen LogP contribution in [0.2, 0.25) is 5.28 Å². The molecule has 0 bridgehead atoms. The molecule has 1 aromatic heterocycles. The summed E-state index contributed by atoms with van der Waals surface area (Å²) in [5.41, 5.74) is 0.415.